The van der Waals surface area contributed by atoms with Gasteiger partial charge in [0.2, 0.25) is 0 Å². The summed E-state index contributed by atoms with van der Waals surface area (Å²) in [4.78, 5) is 14.3. The summed E-state index contributed by atoms with van der Waals surface area (Å²) < 4.78 is 15.2. The molecule has 1 atom stereocenters. The normalized spacial score (nSPS) is 20.2. The number of allylic oxidation sites excluding steroid dienone is 2. The first kappa shape index (κ1) is 12.6. The van der Waals surface area contributed by atoms with E-state index in [0.717, 1.165) is 0 Å². The standard InChI is InChI=1S/C10H13NO4S/c1-6-9(15-10(16)14-6)4-8(11-3)5-13-7(2)12/h4,10,16H,3,5H2,1-2H3/b8-4-. The molecule has 1 rings (SSSR count). The van der Waals surface area contributed by atoms with Crippen LogP contribution in [-0.2, 0) is 19.0 Å². The quantitative estimate of drug-likeness (QED) is 0.463. The van der Waals surface area contributed by atoms with E-state index in [1.165, 1.54) is 6.92 Å². The Morgan fingerprint density at radius 1 is 1.69 bits per heavy atom. The van der Waals surface area contributed by atoms with Crippen molar-refractivity contribution in [3.8, 4) is 0 Å². The Morgan fingerprint density at radius 3 is 2.81 bits per heavy atom. The fourth-order valence-electron chi connectivity index (χ4n) is 1.02. The van der Waals surface area contributed by atoms with Crippen LogP contribution < -0.4 is 0 Å². The van der Waals surface area contributed by atoms with Crippen LogP contribution in [0.4, 0.5) is 0 Å². The molecule has 0 saturated carbocycles. The van der Waals surface area contributed by atoms with E-state index in [9.17, 15) is 4.79 Å². The van der Waals surface area contributed by atoms with Gasteiger partial charge in [0, 0.05) is 13.0 Å². The lowest BCUT2D eigenvalue weighted by Crippen LogP contribution is -2.02. The molecule has 16 heavy (non-hydrogen) atoms. The Hall–Kier alpha value is -1.43. The molecule has 5 nitrogen and oxygen atoms in total. The number of aliphatic imine (C=N–C) groups is 1. The Morgan fingerprint density at radius 2 is 2.38 bits per heavy atom. The largest absolute Gasteiger partial charge is 0.459 e. The van der Waals surface area contributed by atoms with E-state index in [2.05, 4.69) is 24.3 Å². The number of rotatable bonds is 4. The first-order valence-electron chi connectivity index (χ1n) is 4.56. The summed E-state index contributed by atoms with van der Waals surface area (Å²) in [5, 5.41) is 0. The average molecular weight is 243 g/mol. The van der Waals surface area contributed by atoms with Gasteiger partial charge in [0.1, 0.15) is 12.4 Å². The van der Waals surface area contributed by atoms with Crippen LogP contribution in [0.5, 0.6) is 0 Å². The average Bonchev–Trinajstić information content (AvgIpc) is 2.51. The molecule has 0 aromatic rings. The number of nitrogens with zero attached hydrogens (tertiary/aromatic N) is 1. The van der Waals surface area contributed by atoms with Crippen molar-refractivity contribution in [1.29, 1.82) is 0 Å². The van der Waals surface area contributed by atoms with Crippen molar-refractivity contribution < 1.29 is 19.0 Å². The molecular weight excluding hydrogens is 230 g/mol. The highest BCUT2D eigenvalue weighted by atomic mass is 32.1. The molecule has 0 fully saturated rings. The van der Waals surface area contributed by atoms with Crippen molar-refractivity contribution >= 4 is 25.3 Å². The molecule has 0 spiro atoms. The maximum absolute atomic E-state index is 10.6. The van der Waals surface area contributed by atoms with E-state index in [1.807, 2.05) is 0 Å². The van der Waals surface area contributed by atoms with E-state index < -0.39 is 5.62 Å². The minimum Gasteiger partial charge on any atom is -0.459 e. The molecule has 1 unspecified atom stereocenters. The van der Waals surface area contributed by atoms with Gasteiger partial charge in [-0.3, -0.25) is 9.79 Å². The van der Waals surface area contributed by atoms with Crippen LogP contribution in [0.15, 0.2) is 28.3 Å². The summed E-state index contributed by atoms with van der Waals surface area (Å²) in [5.41, 5.74) is -0.123. The predicted molar refractivity (Wildman–Crippen MR) is 61.9 cm³/mol. The zero-order valence-electron chi connectivity index (χ0n) is 9.10. The molecule has 1 heterocycles. The predicted octanol–water partition coefficient (Wildman–Crippen LogP) is 1.63. The smallest absolute Gasteiger partial charge is 0.303 e. The van der Waals surface area contributed by atoms with Crippen LogP contribution in [-0.4, -0.2) is 24.9 Å². The Balaban J connectivity index is 2.68. The third kappa shape index (κ3) is 3.62. The molecule has 0 aliphatic carbocycles. The molecule has 0 amide bonds. The first-order valence-corrected chi connectivity index (χ1v) is 5.07. The van der Waals surface area contributed by atoms with Crippen molar-refractivity contribution in [2.75, 3.05) is 6.61 Å². The summed E-state index contributed by atoms with van der Waals surface area (Å²) in [5.74, 6) is 0.731. The van der Waals surface area contributed by atoms with E-state index in [1.54, 1.807) is 13.0 Å². The van der Waals surface area contributed by atoms with Crippen molar-refractivity contribution in [2.24, 2.45) is 4.99 Å². The highest BCUT2D eigenvalue weighted by Crippen LogP contribution is 2.25. The second-order valence-electron chi connectivity index (χ2n) is 3.04. The Labute approximate surface area is 99.2 Å². The third-order valence-electron chi connectivity index (χ3n) is 1.78. The lowest BCUT2D eigenvalue weighted by Gasteiger charge is -2.04. The van der Waals surface area contributed by atoms with E-state index >= 15 is 0 Å². The molecule has 0 radical (unpaired) electrons. The number of hydrogen-bond acceptors (Lipinski definition) is 6. The van der Waals surface area contributed by atoms with Crippen LogP contribution >= 0.6 is 12.6 Å². The van der Waals surface area contributed by atoms with Gasteiger partial charge in [-0.1, -0.05) is 12.6 Å². The molecule has 0 aromatic carbocycles. The topological polar surface area (TPSA) is 57.1 Å². The molecule has 88 valence electrons. The van der Waals surface area contributed by atoms with Gasteiger partial charge < -0.3 is 14.2 Å². The first-order chi connectivity index (χ1) is 7.52. The van der Waals surface area contributed by atoms with Crippen molar-refractivity contribution in [3.63, 3.8) is 0 Å². The van der Waals surface area contributed by atoms with Crippen LogP contribution in [0, 0.1) is 0 Å². The number of carbonyl (C=O) groups excluding carboxylic acids is 1. The highest BCUT2D eigenvalue weighted by molar-refractivity contribution is 7.80. The molecule has 0 aromatic heterocycles. The van der Waals surface area contributed by atoms with Gasteiger partial charge >= 0.3 is 5.97 Å². The minimum absolute atomic E-state index is 0.0518. The van der Waals surface area contributed by atoms with E-state index in [4.69, 9.17) is 14.2 Å². The zero-order valence-corrected chi connectivity index (χ0v) is 9.99. The van der Waals surface area contributed by atoms with Crippen molar-refractivity contribution in [2.45, 2.75) is 19.5 Å². The lowest BCUT2D eigenvalue weighted by molar-refractivity contribution is -0.140. The zero-order chi connectivity index (χ0) is 12.1. The van der Waals surface area contributed by atoms with Gasteiger partial charge in [-0.25, -0.2) is 0 Å². The number of carbonyl (C=O) groups is 1. The van der Waals surface area contributed by atoms with Crippen LogP contribution in [0.1, 0.15) is 13.8 Å². The lowest BCUT2D eigenvalue weighted by atomic mass is 10.3. The second-order valence-corrected chi connectivity index (χ2v) is 3.46. The number of ether oxygens (including phenoxy) is 3. The highest BCUT2D eigenvalue weighted by Gasteiger charge is 2.19. The van der Waals surface area contributed by atoms with Gasteiger partial charge in [0.25, 0.3) is 5.62 Å². The van der Waals surface area contributed by atoms with Gasteiger partial charge in [-0.2, -0.15) is 0 Å². The van der Waals surface area contributed by atoms with Crippen LogP contribution in [0.25, 0.3) is 0 Å². The number of thiol groups is 1. The van der Waals surface area contributed by atoms with Gasteiger partial charge in [0.05, 0.1) is 5.70 Å². The fraction of sp³-hybridized carbons (Fsp3) is 0.400. The maximum atomic E-state index is 10.6. The summed E-state index contributed by atoms with van der Waals surface area (Å²) in [7, 11) is 0. The maximum Gasteiger partial charge on any atom is 0.303 e. The van der Waals surface area contributed by atoms with Gasteiger partial charge in [-0.05, 0) is 13.6 Å². The summed E-state index contributed by atoms with van der Waals surface area (Å²) in [6, 6.07) is 0. The molecule has 0 N–H and O–H groups in total. The number of hydrogen-bond donors (Lipinski definition) is 1. The summed E-state index contributed by atoms with van der Waals surface area (Å²) in [6.07, 6.45) is 1.60. The molecule has 6 heteroatoms. The minimum atomic E-state index is -0.606. The molecular formula is C10H13NO4S. The molecule has 0 bridgehead atoms. The third-order valence-corrected chi connectivity index (χ3v) is 1.99. The van der Waals surface area contributed by atoms with E-state index in [-0.39, 0.29) is 12.6 Å². The molecule has 0 saturated heterocycles. The summed E-state index contributed by atoms with van der Waals surface area (Å²) in [6.45, 7) is 6.50. The monoisotopic (exact) mass is 243 g/mol. The van der Waals surface area contributed by atoms with Crippen LogP contribution in [0.2, 0.25) is 0 Å². The van der Waals surface area contributed by atoms with E-state index in [0.29, 0.717) is 17.2 Å². The fourth-order valence-corrected chi connectivity index (χ4v) is 1.29. The van der Waals surface area contributed by atoms with Crippen LogP contribution in [0.3, 0.4) is 0 Å². The van der Waals surface area contributed by atoms with Crippen molar-refractivity contribution in [3.05, 3.63) is 23.3 Å². The van der Waals surface area contributed by atoms with Gasteiger partial charge in [-0.15, -0.1) is 0 Å². The summed E-state index contributed by atoms with van der Waals surface area (Å²) >= 11 is 4.00. The Kier molecular flexibility index (Phi) is 4.42. The number of esters is 1. The SMILES string of the molecule is C=N/C(=C\C1=C(C)OC(S)O1)COC(C)=O. The van der Waals surface area contributed by atoms with Gasteiger partial charge in [0.15, 0.2) is 5.76 Å². The van der Waals surface area contributed by atoms with Crippen molar-refractivity contribution in [1.82, 2.24) is 0 Å². The molecule has 1 aliphatic heterocycles. The Bertz CT molecular complexity index is 362. The second kappa shape index (κ2) is 5.60. The molecule has 1 aliphatic rings.